The second kappa shape index (κ2) is 9.68. The highest BCUT2D eigenvalue weighted by Gasteiger charge is 2.23. The maximum atomic E-state index is 12.1. The van der Waals surface area contributed by atoms with Gasteiger partial charge in [-0.2, -0.15) is 0 Å². The molecular weight excluding hydrogens is 372 g/mol. The molecule has 6 nitrogen and oxygen atoms in total. The number of aromatic nitrogens is 2. The Morgan fingerprint density at radius 1 is 1.14 bits per heavy atom. The molecule has 1 fully saturated rings. The van der Waals surface area contributed by atoms with Gasteiger partial charge < -0.3 is 5.32 Å². The van der Waals surface area contributed by atoms with Crippen molar-refractivity contribution in [1.82, 2.24) is 20.6 Å². The number of amides is 3. The van der Waals surface area contributed by atoms with E-state index in [1.807, 2.05) is 43.3 Å². The Hall–Kier alpha value is -2.41. The molecule has 1 aliphatic rings. The number of carbonyl (C=O) groups excluding carboxylic acids is 2. The third-order valence-corrected chi connectivity index (χ3v) is 5.76. The summed E-state index contributed by atoms with van der Waals surface area (Å²) in [6.45, 7) is 4.04. The van der Waals surface area contributed by atoms with Gasteiger partial charge in [-0.3, -0.25) is 10.1 Å². The third-order valence-electron chi connectivity index (χ3n) is 4.92. The van der Waals surface area contributed by atoms with Crippen LogP contribution in [0.3, 0.4) is 0 Å². The minimum atomic E-state index is -0.417. The minimum Gasteiger partial charge on any atom is -0.335 e. The molecule has 0 saturated heterocycles. The fourth-order valence-electron chi connectivity index (χ4n) is 3.39. The zero-order valence-electron chi connectivity index (χ0n) is 16.3. The molecule has 1 aromatic heterocycles. The van der Waals surface area contributed by atoms with Crippen LogP contribution in [0.4, 0.5) is 4.79 Å². The molecule has 2 aromatic rings. The number of hydrogen-bond acceptors (Lipinski definition) is 5. The first kappa shape index (κ1) is 20.3. The van der Waals surface area contributed by atoms with Crippen molar-refractivity contribution in [2.45, 2.75) is 50.7 Å². The zero-order valence-corrected chi connectivity index (χ0v) is 17.1. The lowest BCUT2D eigenvalue weighted by Crippen LogP contribution is -2.48. The van der Waals surface area contributed by atoms with Crippen LogP contribution in [0.25, 0.3) is 11.3 Å². The van der Waals surface area contributed by atoms with Crippen molar-refractivity contribution in [1.29, 1.82) is 0 Å². The number of urea groups is 1. The van der Waals surface area contributed by atoms with Crippen LogP contribution in [0.5, 0.6) is 0 Å². The summed E-state index contributed by atoms with van der Waals surface area (Å²) in [5, 5.41) is 5.86. The van der Waals surface area contributed by atoms with Crippen molar-refractivity contribution < 1.29 is 9.59 Å². The lowest BCUT2D eigenvalue weighted by Gasteiger charge is -2.29. The predicted molar refractivity (Wildman–Crippen MR) is 111 cm³/mol. The molecule has 1 aromatic carbocycles. The normalized spacial score (nSPS) is 19.1. The van der Waals surface area contributed by atoms with Crippen molar-refractivity contribution in [3.63, 3.8) is 0 Å². The summed E-state index contributed by atoms with van der Waals surface area (Å²) in [7, 11) is 0. The van der Waals surface area contributed by atoms with E-state index in [0.29, 0.717) is 11.1 Å². The van der Waals surface area contributed by atoms with Gasteiger partial charge in [0.2, 0.25) is 5.91 Å². The van der Waals surface area contributed by atoms with Crippen molar-refractivity contribution in [3.05, 3.63) is 42.1 Å². The lowest BCUT2D eigenvalue weighted by molar-refractivity contribution is -0.117. The summed E-state index contributed by atoms with van der Waals surface area (Å²) in [5.74, 6) is 0.184. The molecule has 0 aliphatic heterocycles. The van der Waals surface area contributed by atoms with E-state index in [1.165, 1.54) is 18.2 Å². The highest BCUT2D eigenvalue weighted by atomic mass is 32.2. The quantitative estimate of drug-likeness (QED) is 0.588. The smallest absolute Gasteiger partial charge is 0.321 e. The predicted octanol–water partition coefficient (Wildman–Crippen LogP) is 3.95. The van der Waals surface area contributed by atoms with Gasteiger partial charge in [-0.05, 0) is 31.7 Å². The highest BCUT2D eigenvalue weighted by Crippen LogP contribution is 2.24. The van der Waals surface area contributed by atoms with Gasteiger partial charge in [0.1, 0.15) is 0 Å². The molecule has 0 unspecified atom stereocenters. The first-order valence-electron chi connectivity index (χ1n) is 9.65. The first-order valence-corrected chi connectivity index (χ1v) is 10.6. The largest absolute Gasteiger partial charge is 0.335 e. The summed E-state index contributed by atoms with van der Waals surface area (Å²) in [6, 6.07) is 11.5. The fourth-order valence-corrected chi connectivity index (χ4v) is 4.09. The van der Waals surface area contributed by atoms with Gasteiger partial charge in [0.15, 0.2) is 5.16 Å². The van der Waals surface area contributed by atoms with Crippen molar-refractivity contribution in [3.8, 4) is 11.3 Å². The van der Waals surface area contributed by atoms with Gasteiger partial charge in [0.05, 0.1) is 11.4 Å². The van der Waals surface area contributed by atoms with Gasteiger partial charge in [-0.25, -0.2) is 14.8 Å². The Balaban J connectivity index is 1.53. The average molecular weight is 399 g/mol. The molecule has 28 heavy (non-hydrogen) atoms. The summed E-state index contributed by atoms with van der Waals surface area (Å²) in [5.41, 5.74) is 2.65. The Labute approximate surface area is 169 Å². The van der Waals surface area contributed by atoms with Gasteiger partial charge in [-0.1, -0.05) is 61.9 Å². The summed E-state index contributed by atoms with van der Waals surface area (Å²) in [6.07, 6.45) is 4.41. The van der Waals surface area contributed by atoms with Crippen molar-refractivity contribution >= 4 is 23.7 Å². The topological polar surface area (TPSA) is 84.0 Å². The molecule has 1 heterocycles. The molecule has 148 valence electrons. The number of nitrogens with zero attached hydrogens (tertiary/aromatic N) is 2. The van der Waals surface area contributed by atoms with E-state index in [2.05, 4.69) is 27.5 Å². The number of imide groups is 1. The van der Waals surface area contributed by atoms with E-state index in [9.17, 15) is 9.59 Å². The van der Waals surface area contributed by atoms with Crippen molar-refractivity contribution in [2.24, 2.45) is 5.92 Å². The Morgan fingerprint density at radius 3 is 2.64 bits per heavy atom. The van der Waals surface area contributed by atoms with Crippen LogP contribution in [-0.4, -0.2) is 33.7 Å². The molecule has 1 aliphatic carbocycles. The van der Waals surface area contributed by atoms with Gasteiger partial charge in [-0.15, -0.1) is 0 Å². The lowest BCUT2D eigenvalue weighted by atomic mass is 9.86. The molecular formula is C21H26N4O2S. The van der Waals surface area contributed by atoms with E-state index in [-0.39, 0.29) is 17.7 Å². The number of benzene rings is 1. The molecule has 0 bridgehead atoms. The van der Waals surface area contributed by atoms with Crippen LogP contribution in [0.15, 0.2) is 41.6 Å². The molecule has 2 atom stereocenters. The van der Waals surface area contributed by atoms with Crippen LogP contribution in [0.1, 0.15) is 38.3 Å². The number of thioether (sulfide) groups is 1. The SMILES string of the molecule is Cc1cc(-c2ccccc2)nc(SCC(=O)NC(=O)N[C@H]2CCCC[C@H]2C)n1. The monoisotopic (exact) mass is 398 g/mol. The molecule has 1 saturated carbocycles. The van der Waals surface area contributed by atoms with Crippen molar-refractivity contribution in [2.75, 3.05) is 5.75 Å². The summed E-state index contributed by atoms with van der Waals surface area (Å²) >= 11 is 1.23. The van der Waals surface area contributed by atoms with E-state index in [1.54, 1.807) is 0 Å². The summed E-state index contributed by atoms with van der Waals surface area (Å²) in [4.78, 5) is 33.1. The summed E-state index contributed by atoms with van der Waals surface area (Å²) < 4.78 is 0. The van der Waals surface area contributed by atoms with Gasteiger partial charge >= 0.3 is 6.03 Å². The van der Waals surface area contributed by atoms with E-state index in [0.717, 1.165) is 36.2 Å². The molecule has 0 radical (unpaired) electrons. The zero-order chi connectivity index (χ0) is 19.9. The first-order chi connectivity index (χ1) is 13.5. The second-order valence-corrected chi connectivity index (χ2v) is 8.16. The van der Waals surface area contributed by atoms with Crippen LogP contribution in [0.2, 0.25) is 0 Å². The average Bonchev–Trinajstić information content (AvgIpc) is 2.68. The van der Waals surface area contributed by atoms with Crippen LogP contribution in [-0.2, 0) is 4.79 Å². The number of aryl methyl sites for hydroxylation is 1. The van der Waals surface area contributed by atoms with Crippen LogP contribution in [0, 0.1) is 12.8 Å². The van der Waals surface area contributed by atoms with Crippen LogP contribution < -0.4 is 10.6 Å². The van der Waals surface area contributed by atoms with E-state index < -0.39 is 6.03 Å². The van der Waals surface area contributed by atoms with E-state index in [4.69, 9.17) is 0 Å². The standard InChI is InChI=1S/C21H26N4O2S/c1-14-8-6-7-11-17(14)23-20(27)25-19(26)13-28-21-22-15(2)12-18(24-21)16-9-4-3-5-10-16/h3-5,9-10,12,14,17H,6-8,11,13H2,1-2H3,(H2,23,25,26,27)/t14-,17+/m1/s1. The van der Waals surface area contributed by atoms with Gasteiger partial charge in [0, 0.05) is 17.3 Å². The number of rotatable bonds is 5. The molecule has 3 amide bonds. The Kier molecular flexibility index (Phi) is 7.03. The Bertz CT molecular complexity index is 828. The molecule has 7 heteroatoms. The second-order valence-electron chi connectivity index (χ2n) is 7.22. The Morgan fingerprint density at radius 2 is 1.89 bits per heavy atom. The highest BCUT2D eigenvalue weighted by molar-refractivity contribution is 7.99. The molecule has 0 spiro atoms. The minimum absolute atomic E-state index is 0.0886. The number of carbonyl (C=O) groups is 2. The van der Waals surface area contributed by atoms with E-state index >= 15 is 0 Å². The third kappa shape index (κ3) is 5.79. The number of nitrogens with one attached hydrogen (secondary N) is 2. The number of hydrogen-bond donors (Lipinski definition) is 2. The molecule has 3 rings (SSSR count). The maximum absolute atomic E-state index is 12.1. The molecule has 2 N–H and O–H groups in total. The van der Waals surface area contributed by atoms with Gasteiger partial charge in [0.25, 0.3) is 0 Å². The maximum Gasteiger partial charge on any atom is 0.321 e. The van der Waals surface area contributed by atoms with Crippen LogP contribution >= 0.6 is 11.8 Å². The fraction of sp³-hybridized carbons (Fsp3) is 0.429.